The number of hydrogen-bond donors (Lipinski definition) is 2. The van der Waals surface area contributed by atoms with Crippen molar-refractivity contribution in [3.05, 3.63) is 0 Å². The molecule has 0 aromatic heterocycles. The van der Waals surface area contributed by atoms with Crippen LogP contribution in [0.4, 0.5) is 0 Å². The second-order valence-electron chi connectivity index (χ2n) is 8.22. The maximum absolute atomic E-state index is 11.7. The van der Waals surface area contributed by atoms with Crippen molar-refractivity contribution >= 4 is 11.7 Å². The minimum Gasteiger partial charge on any atom is -0.356 e. The van der Waals surface area contributed by atoms with E-state index < -0.39 is 0 Å². The zero-order chi connectivity index (χ0) is 16.5. The van der Waals surface area contributed by atoms with Gasteiger partial charge >= 0.3 is 0 Å². The van der Waals surface area contributed by atoms with Gasteiger partial charge in [-0.2, -0.15) is 0 Å². The van der Waals surface area contributed by atoms with E-state index in [0.29, 0.717) is 25.9 Å². The summed E-state index contributed by atoms with van der Waals surface area (Å²) in [6.45, 7) is 14.5. The number of nitrogens with one attached hydrogen (secondary N) is 2. The normalized spacial score (nSPS) is 12.3. The van der Waals surface area contributed by atoms with Gasteiger partial charge in [0, 0.05) is 19.4 Å². The SMILES string of the molecule is CC(C)(C)CCC(=O)CNCCCNC(=O)CC(C)(C)C. The van der Waals surface area contributed by atoms with E-state index in [1.165, 1.54) is 0 Å². The first kappa shape index (κ1) is 20.1. The first-order chi connectivity index (χ1) is 9.49. The standard InChI is InChI=1S/C17H34N2O2/c1-16(2,3)9-8-14(20)13-18-10-7-11-19-15(21)12-17(4,5)6/h18H,7-13H2,1-6H3,(H,19,21). The fourth-order valence-electron chi connectivity index (χ4n) is 1.82. The summed E-state index contributed by atoms with van der Waals surface area (Å²) >= 11 is 0. The fourth-order valence-corrected chi connectivity index (χ4v) is 1.82. The third kappa shape index (κ3) is 15.3. The number of Topliss-reactive ketones (excluding diaryl/α,β-unsaturated/α-hetero) is 1. The summed E-state index contributed by atoms with van der Waals surface area (Å²) in [6.07, 6.45) is 2.96. The number of hydrogen-bond acceptors (Lipinski definition) is 3. The van der Waals surface area contributed by atoms with Crippen molar-refractivity contribution in [2.24, 2.45) is 10.8 Å². The van der Waals surface area contributed by atoms with Crippen molar-refractivity contribution < 1.29 is 9.59 Å². The van der Waals surface area contributed by atoms with Gasteiger partial charge in [0.2, 0.25) is 5.91 Å². The Bertz CT molecular complexity index is 325. The highest BCUT2D eigenvalue weighted by Crippen LogP contribution is 2.20. The molecule has 124 valence electrons. The van der Waals surface area contributed by atoms with Crippen LogP contribution in [-0.4, -0.2) is 31.3 Å². The quantitative estimate of drug-likeness (QED) is 0.644. The van der Waals surface area contributed by atoms with E-state index in [1.54, 1.807) is 0 Å². The zero-order valence-electron chi connectivity index (χ0n) is 14.8. The molecule has 0 aromatic rings. The molecule has 0 aliphatic rings. The number of carbonyl (C=O) groups is 2. The smallest absolute Gasteiger partial charge is 0.220 e. The van der Waals surface area contributed by atoms with Gasteiger partial charge < -0.3 is 10.6 Å². The van der Waals surface area contributed by atoms with Gasteiger partial charge in [-0.15, -0.1) is 0 Å². The van der Waals surface area contributed by atoms with Crippen LogP contribution in [-0.2, 0) is 9.59 Å². The predicted octanol–water partition coefficient (Wildman–Crippen LogP) is 2.91. The topological polar surface area (TPSA) is 58.2 Å². The lowest BCUT2D eigenvalue weighted by molar-refractivity contribution is -0.123. The molecule has 1 amide bonds. The van der Waals surface area contributed by atoms with Crippen molar-refractivity contribution in [3.8, 4) is 0 Å². The monoisotopic (exact) mass is 298 g/mol. The van der Waals surface area contributed by atoms with E-state index >= 15 is 0 Å². The molecule has 0 aliphatic carbocycles. The summed E-state index contributed by atoms with van der Waals surface area (Å²) in [6, 6.07) is 0. The van der Waals surface area contributed by atoms with E-state index in [4.69, 9.17) is 0 Å². The number of carbonyl (C=O) groups excluding carboxylic acids is 2. The van der Waals surface area contributed by atoms with Gasteiger partial charge in [0.25, 0.3) is 0 Å². The van der Waals surface area contributed by atoms with Crippen molar-refractivity contribution in [1.82, 2.24) is 10.6 Å². The molecule has 4 heteroatoms. The van der Waals surface area contributed by atoms with Gasteiger partial charge in [0.15, 0.2) is 0 Å². The van der Waals surface area contributed by atoms with Gasteiger partial charge in [-0.3, -0.25) is 9.59 Å². The van der Waals surface area contributed by atoms with Crippen molar-refractivity contribution in [2.75, 3.05) is 19.6 Å². The Balaban J connectivity index is 3.52. The molecule has 0 heterocycles. The molecule has 21 heavy (non-hydrogen) atoms. The van der Waals surface area contributed by atoms with E-state index in [9.17, 15) is 9.59 Å². The van der Waals surface area contributed by atoms with Gasteiger partial charge in [-0.05, 0) is 30.2 Å². The lowest BCUT2D eigenvalue weighted by atomic mass is 9.89. The lowest BCUT2D eigenvalue weighted by Gasteiger charge is -2.17. The second-order valence-corrected chi connectivity index (χ2v) is 8.22. The molecule has 0 saturated carbocycles. The molecular formula is C17H34N2O2. The number of rotatable bonds is 9. The molecule has 4 nitrogen and oxygen atoms in total. The van der Waals surface area contributed by atoms with Gasteiger partial charge in [0.05, 0.1) is 6.54 Å². The Morgan fingerprint density at radius 1 is 0.905 bits per heavy atom. The van der Waals surface area contributed by atoms with Crippen molar-refractivity contribution in [3.63, 3.8) is 0 Å². The Morgan fingerprint density at radius 3 is 2.05 bits per heavy atom. The van der Waals surface area contributed by atoms with Crippen LogP contribution in [0.2, 0.25) is 0 Å². The van der Waals surface area contributed by atoms with Gasteiger partial charge in [-0.1, -0.05) is 41.5 Å². The molecule has 0 saturated heterocycles. The third-order valence-electron chi connectivity index (χ3n) is 3.02. The Morgan fingerprint density at radius 2 is 1.52 bits per heavy atom. The van der Waals surface area contributed by atoms with Gasteiger partial charge in [0.1, 0.15) is 5.78 Å². The zero-order valence-corrected chi connectivity index (χ0v) is 14.8. The van der Waals surface area contributed by atoms with Crippen LogP contribution >= 0.6 is 0 Å². The summed E-state index contributed by atoms with van der Waals surface area (Å²) < 4.78 is 0. The van der Waals surface area contributed by atoms with Crippen LogP contribution in [0.25, 0.3) is 0 Å². The molecule has 0 rings (SSSR count). The number of ketones is 1. The van der Waals surface area contributed by atoms with Crippen molar-refractivity contribution in [2.45, 2.75) is 67.2 Å². The number of amides is 1. The first-order valence-corrected chi connectivity index (χ1v) is 7.99. The summed E-state index contributed by atoms with van der Waals surface area (Å²) in [5, 5.41) is 6.05. The summed E-state index contributed by atoms with van der Waals surface area (Å²) in [7, 11) is 0. The molecule has 0 radical (unpaired) electrons. The molecule has 0 atom stereocenters. The van der Waals surface area contributed by atoms with Crippen LogP contribution in [0, 0.1) is 10.8 Å². The summed E-state index contributed by atoms with van der Waals surface area (Å²) in [5.74, 6) is 0.366. The Labute approximate surface area is 130 Å². The fraction of sp³-hybridized carbons (Fsp3) is 0.882. The van der Waals surface area contributed by atoms with E-state index in [0.717, 1.165) is 19.4 Å². The molecule has 0 aromatic carbocycles. The van der Waals surface area contributed by atoms with E-state index in [2.05, 4.69) is 52.2 Å². The Kier molecular flexibility index (Phi) is 8.79. The highest BCUT2D eigenvalue weighted by molar-refractivity contribution is 5.80. The predicted molar refractivity (Wildman–Crippen MR) is 88.3 cm³/mol. The average molecular weight is 298 g/mol. The highest BCUT2D eigenvalue weighted by atomic mass is 16.1. The highest BCUT2D eigenvalue weighted by Gasteiger charge is 2.15. The molecule has 0 bridgehead atoms. The first-order valence-electron chi connectivity index (χ1n) is 7.99. The van der Waals surface area contributed by atoms with Gasteiger partial charge in [-0.25, -0.2) is 0 Å². The molecule has 0 aliphatic heterocycles. The second kappa shape index (κ2) is 9.19. The maximum atomic E-state index is 11.7. The summed E-state index contributed by atoms with van der Waals surface area (Å²) in [5.41, 5.74) is 0.245. The maximum Gasteiger partial charge on any atom is 0.220 e. The molecule has 0 fully saturated rings. The minimum absolute atomic E-state index is 0.0296. The van der Waals surface area contributed by atoms with Crippen molar-refractivity contribution in [1.29, 1.82) is 0 Å². The van der Waals surface area contributed by atoms with Crippen LogP contribution in [0.3, 0.4) is 0 Å². The van der Waals surface area contributed by atoms with Crippen LogP contribution in [0.15, 0.2) is 0 Å². The average Bonchev–Trinajstić information content (AvgIpc) is 2.27. The Hall–Kier alpha value is -0.900. The van der Waals surface area contributed by atoms with E-state index in [1.807, 2.05) is 0 Å². The molecular weight excluding hydrogens is 264 g/mol. The largest absolute Gasteiger partial charge is 0.356 e. The molecule has 0 unspecified atom stereocenters. The van der Waals surface area contributed by atoms with E-state index in [-0.39, 0.29) is 22.5 Å². The lowest BCUT2D eigenvalue weighted by Crippen LogP contribution is -2.31. The van der Waals surface area contributed by atoms with Crippen LogP contribution in [0.5, 0.6) is 0 Å². The molecule has 0 spiro atoms. The van der Waals surface area contributed by atoms with Crippen LogP contribution in [0.1, 0.15) is 67.2 Å². The minimum atomic E-state index is 0.0296. The van der Waals surface area contributed by atoms with Crippen LogP contribution < -0.4 is 10.6 Å². The summed E-state index contributed by atoms with van der Waals surface area (Å²) in [4.78, 5) is 23.2. The molecule has 2 N–H and O–H groups in total. The third-order valence-corrected chi connectivity index (χ3v) is 3.02.